The number of piperidine rings is 1. The van der Waals surface area contributed by atoms with Crippen LogP contribution in [0.4, 0.5) is 0 Å². The van der Waals surface area contributed by atoms with Gasteiger partial charge in [-0.2, -0.15) is 0 Å². The monoisotopic (exact) mass is 327 g/mol. The van der Waals surface area contributed by atoms with E-state index >= 15 is 0 Å². The largest absolute Gasteiger partial charge is 0.467 e. The Bertz CT molecular complexity index is 670. The van der Waals surface area contributed by atoms with Gasteiger partial charge in [0.2, 0.25) is 11.8 Å². The van der Waals surface area contributed by atoms with Crippen LogP contribution in [0.1, 0.15) is 30.7 Å². The SMILES string of the molecule is O=C1CCCCN1CC(=O)N(Cc1ccccn1)Cc1ccco1. The number of furan rings is 1. The Morgan fingerprint density at radius 1 is 1.21 bits per heavy atom. The molecular formula is C18H21N3O3. The van der Waals surface area contributed by atoms with Crippen LogP contribution < -0.4 is 0 Å². The highest BCUT2D eigenvalue weighted by molar-refractivity contribution is 5.85. The van der Waals surface area contributed by atoms with Crippen LogP contribution in [0, 0.1) is 0 Å². The summed E-state index contributed by atoms with van der Waals surface area (Å²) in [5, 5.41) is 0. The van der Waals surface area contributed by atoms with Gasteiger partial charge in [0.15, 0.2) is 0 Å². The van der Waals surface area contributed by atoms with Crippen molar-refractivity contribution in [1.29, 1.82) is 0 Å². The molecule has 0 N–H and O–H groups in total. The van der Waals surface area contributed by atoms with E-state index in [2.05, 4.69) is 4.98 Å². The van der Waals surface area contributed by atoms with Crippen molar-refractivity contribution >= 4 is 11.8 Å². The Hall–Kier alpha value is -2.63. The lowest BCUT2D eigenvalue weighted by Crippen LogP contribution is -2.44. The number of aromatic nitrogens is 1. The molecule has 0 spiro atoms. The zero-order valence-corrected chi connectivity index (χ0v) is 13.6. The molecule has 1 saturated heterocycles. The zero-order chi connectivity index (χ0) is 16.8. The summed E-state index contributed by atoms with van der Waals surface area (Å²) in [5.41, 5.74) is 0.808. The fourth-order valence-corrected chi connectivity index (χ4v) is 2.80. The smallest absolute Gasteiger partial charge is 0.242 e. The van der Waals surface area contributed by atoms with Crippen molar-refractivity contribution in [3.05, 3.63) is 54.2 Å². The lowest BCUT2D eigenvalue weighted by molar-refractivity contribution is -0.142. The summed E-state index contributed by atoms with van der Waals surface area (Å²) >= 11 is 0. The molecule has 2 amide bonds. The first-order valence-corrected chi connectivity index (χ1v) is 8.20. The molecule has 24 heavy (non-hydrogen) atoms. The molecule has 1 aliphatic heterocycles. The molecule has 1 aliphatic rings. The number of carbonyl (C=O) groups is 2. The minimum absolute atomic E-state index is 0.0605. The van der Waals surface area contributed by atoms with Crippen molar-refractivity contribution in [2.45, 2.75) is 32.4 Å². The van der Waals surface area contributed by atoms with Crippen LogP contribution in [0.5, 0.6) is 0 Å². The van der Waals surface area contributed by atoms with Crippen LogP contribution in [-0.4, -0.2) is 39.7 Å². The lowest BCUT2D eigenvalue weighted by Gasteiger charge is -2.29. The first-order valence-electron chi connectivity index (χ1n) is 8.20. The summed E-state index contributed by atoms with van der Waals surface area (Å²) < 4.78 is 5.37. The molecule has 2 aromatic heterocycles. The van der Waals surface area contributed by atoms with Crippen LogP contribution in [-0.2, 0) is 22.7 Å². The van der Waals surface area contributed by atoms with E-state index < -0.39 is 0 Å². The Kier molecular flexibility index (Phi) is 5.25. The van der Waals surface area contributed by atoms with Crippen LogP contribution >= 0.6 is 0 Å². The number of nitrogens with zero attached hydrogens (tertiary/aromatic N) is 3. The van der Waals surface area contributed by atoms with E-state index in [1.54, 1.807) is 28.3 Å². The van der Waals surface area contributed by atoms with Gasteiger partial charge in [-0.1, -0.05) is 6.07 Å². The van der Waals surface area contributed by atoms with E-state index in [1.165, 1.54) is 0 Å². The Labute approximate surface area is 141 Å². The van der Waals surface area contributed by atoms with E-state index in [4.69, 9.17) is 4.42 Å². The maximum absolute atomic E-state index is 12.8. The second-order valence-electron chi connectivity index (χ2n) is 5.92. The Morgan fingerprint density at radius 3 is 2.83 bits per heavy atom. The molecule has 0 bridgehead atoms. The van der Waals surface area contributed by atoms with Gasteiger partial charge in [-0.25, -0.2) is 0 Å². The summed E-state index contributed by atoms with van der Waals surface area (Å²) in [6, 6.07) is 9.26. The van der Waals surface area contributed by atoms with Gasteiger partial charge < -0.3 is 14.2 Å². The third-order valence-electron chi connectivity index (χ3n) is 4.11. The molecule has 2 aromatic rings. The highest BCUT2D eigenvalue weighted by Crippen LogP contribution is 2.13. The minimum Gasteiger partial charge on any atom is -0.467 e. The van der Waals surface area contributed by atoms with Crippen LogP contribution in [0.2, 0.25) is 0 Å². The number of likely N-dealkylation sites (tertiary alicyclic amines) is 1. The number of rotatable bonds is 6. The molecule has 0 aromatic carbocycles. The van der Waals surface area contributed by atoms with E-state index in [-0.39, 0.29) is 18.4 Å². The van der Waals surface area contributed by atoms with Crippen LogP contribution in [0.15, 0.2) is 47.2 Å². The second kappa shape index (κ2) is 7.77. The average molecular weight is 327 g/mol. The quantitative estimate of drug-likeness (QED) is 0.816. The number of carbonyl (C=O) groups excluding carboxylic acids is 2. The molecule has 0 unspecified atom stereocenters. The van der Waals surface area contributed by atoms with E-state index in [9.17, 15) is 9.59 Å². The predicted molar refractivity (Wildman–Crippen MR) is 87.6 cm³/mol. The third-order valence-corrected chi connectivity index (χ3v) is 4.11. The maximum Gasteiger partial charge on any atom is 0.242 e. The minimum atomic E-state index is -0.0905. The van der Waals surface area contributed by atoms with Crippen molar-refractivity contribution in [1.82, 2.24) is 14.8 Å². The molecule has 126 valence electrons. The molecule has 3 rings (SSSR count). The van der Waals surface area contributed by atoms with Gasteiger partial charge in [-0.05, 0) is 37.1 Å². The van der Waals surface area contributed by atoms with Crippen LogP contribution in [0.25, 0.3) is 0 Å². The van der Waals surface area contributed by atoms with Gasteiger partial charge in [0.25, 0.3) is 0 Å². The summed E-state index contributed by atoms with van der Waals surface area (Å²) in [6.45, 7) is 1.53. The molecule has 6 nitrogen and oxygen atoms in total. The summed E-state index contributed by atoms with van der Waals surface area (Å²) in [6.07, 6.45) is 5.70. The van der Waals surface area contributed by atoms with Crippen molar-refractivity contribution in [3.8, 4) is 0 Å². The predicted octanol–water partition coefficient (Wildman–Crippen LogP) is 2.22. The highest BCUT2D eigenvalue weighted by Gasteiger charge is 2.24. The zero-order valence-electron chi connectivity index (χ0n) is 13.6. The topological polar surface area (TPSA) is 66.7 Å². The first kappa shape index (κ1) is 16.2. The third kappa shape index (κ3) is 4.22. The molecule has 1 fully saturated rings. The standard InChI is InChI=1S/C18H21N3O3/c22-17-8-2-4-10-20(17)14-18(23)21(13-16-7-5-11-24-16)12-15-6-1-3-9-19-15/h1,3,5-7,9,11H,2,4,8,10,12-14H2. The summed E-state index contributed by atoms with van der Waals surface area (Å²) in [4.78, 5) is 32.3. The molecule has 0 aliphatic carbocycles. The van der Waals surface area contributed by atoms with Gasteiger partial charge in [0.05, 0.1) is 31.6 Å². The Morgan fingerprint density at radius 2 is 2.12 bits per heavy atom. The number of pyridine rings is 1. The second-order valence-corrected chi connectivity index (χ2v) is 5.92. The molecular weight excluding hydrogens is 306 g/mol. The van der Waals surface area contributed by atoms with E-state index in [0.717, 1.165) is 18.5 Å². The average Bonchev–Trinajstić information content (AvgIpc) is 3.10. The van der Waals surface area contributed by atoms with Gasteiger partial charge in [-0.15, -0.1) is 0 Å². The maximum atomic E-state index is 12.8. The van der Waals surface area contributed by atoms with Gasteiger partial charge in [0, 0.05) is 19.2 Å². The summed E-state index contributed by atoms with van der Waals surface area (Å²) in [5.74, 6) is 0.682. The Balaban J connectivity index is 1.70. The summed E-state index contributed by atoms with van der Waals surface area (Å²) in [7, 11) is 0. The fraction of sp³-hybridized carbons (Fsp3) is 0.389. The normalized spacial score (nSPS) is 14.7. The van der Waals surface area contributed by atoms with E-state index in [1.807, 2.05) is 24.3 Å². The van der Waals surface area contributed by atoms with E-state index in [0.29, 0.717) is 31.8 Å². The fourth-order valence-electron chi connectivity index (χ4n) is 2.80. The van der Waals surface area contributed by atoms with Crippen molar-refractivity contribution in [3.63, 3.8) is 0 Å². The molecule has 0 atom stereocenters. The number of hydrogen-bond donors (Lipinski definition) is 0. The van der Waals surface area contributed by atoms with Gasteiger partial charge in [0.1, 0.15) is 5.76 Å². The molecule has 0 radical (unpaired) electrons. The number of hydrogen-bond acceptors (Lipinski definition) is 4. The lowest BCUT2D eigenvalue weighted by atomic mass is 10.1. The first-order chi connectivity index (χ1) is 11.7. The van der Waals surface area contributed by atoms with Gasteiger partial charge >= 0.3 is 0 Å². The molecule has 6 heteroatoms. The molecule has 3 heterocycles. The molecule has 0 saturated carbocycles. The number of amides is 2. The van der Waals surface area contributed by atoms with Gasteiger partial charge in [-0.3, -0.25) is 14.6 Å². The van der Waals surface area contributed by atoms with Crippen molar-refractivity contribution in [2.24, 2.45) is 0 Å². The van der Waals surface area contributed by atoms with Crippen molar-refractivity contribution in [2.75, 3.05) is 13.1 Å². The van der Waals surface area contributed by atoms with Crippen LogP contribution in [0.3, 0.4) is 0 Å². The van der Waals surface area contributed by atoms with Crippen molar-refractivity contribution < 1.29 is 14.0 Å². The highest BCUT2D eigenvalue weighted by atomic mass is 16.3.